The molecule has 0 unspecified atom stereocenters. The van der Waals surface area contributed by atoms with Crippen LogP contribution in [0.5, 0.6) is 0 Å². The quantitative estimate of drug-likeness (QED) is 0.484. The molecule has 0 saturated heterocycles. The Hall–Kier alpha value is -1.12. The number of hydrogen-bond acceptors (Lipinski definition) is 5. The van der Waals surface area contributed by atoms with Crippen molar-refractivity contribution in [3.63, 3.8) is 0 Å². The van der Waals surface area contributed by atoms with Crippen LogP contribution in [-0.2, 0) is 9.53 Å². The molecule has 0 aliphatic heterocycles. The molecule has 0 atom stereocenters. The number of carbonyl (C=O) groups excluding carboxylic acids is 1. The molecule has 0 amide bonds. The maximum Gasteiger partial charge on any atom is 0.322 e. The fraction of sp³-hybridized carbons (Fsp3) is 0.714. The average Bonchev–Trinajstić information content (AvgIpc) is 2.04. The summed E-state index contributed by atoms with van der Waals surface area (Å²) in [6, 6.07) is 1.84. The summed E-state index contributed by atoms with van der Waals surface area (Å²) in [7, 11) is 1.22. The van der Waals surface area contributed by atoms with Gasteiger partial charge in [0.25, 0.3) is 0 Å². The lowest BCUT2D eigenvalue weighted by molar-refractivity contribution is -0.171. The van der Waals surface area contributed by atoms with Crippen LogP contribution >= 0.6 is 0 Å². The molecule has 0 fully saturated rings. The maximum atomic E-state index is 10.7. The van der Waals surface area contributed by atoms with Crippen molar-refractivity contribution in [2.24, 2.45) is 0 Å². The van der Waals surface area contributed by atoms with Crippen molar-refractivity contribution in [2.45, 2.75) is 19.4 Å². The van der Waals surface area contributed by atoms with Gasteiger partial charge in [-0.2, -0.15) is 10.3 Å². The molecule has 5 heteroatoms. The van der Waals surface area contributed by atoms with E-state index in [9.17, 15) is 10.0 Å². The van der Waals surface area contributed by atoms with Crippen LogP contribution in [0.4, 0.5) is 0 Å². The van der Waals surface area contributed by atoms with Crippen LogP contribution in [0.2, 0.25) is 0 Å². The Morgan fingerprint density at radius 2 is 2.25 bits per heavy atom. The van der Waals surface area contributed by atoms with Gasteiger partial charge in [-0.25, -0.2) is 0 Å². The first-order valence-corrected chi connectivity index (χ1v) is 3.38. The van der Waals surface area contributed by atoms with Crippen molar-refractivity contribution >= 4 is 5.97 Å². The predicted molar refractivity (Wildman–Crippen MR) is 40.2 cm³/mol. The number of hydrogen-bond donors (Lipinski definition) is 1. The van der Waals surface area contributed by atoms with E-state index in [1.165, 1.54) is 21.0 Å². The fourth-order valence-electron chi connectivity index (χ4n) is 0.442. The van der Waals surface area contributed by atoms with Gasteiger partial charge >= 0.3 is 5.97 Å². The molecule has 0 rings (SSSR count). The zero-order valence-corrected chi connectivity index (χ0v) is 7.37. The van der Waals surface area contributed by atoms with E-state index < -0.39 is 11.5 Å². The van der Waals surface area contributed by atoms with E-state index in [0.29, 0.717) is 5.06 Å². The van der Waals surface area contributed by atoms with E-state index >= 15 is 0 Å². The predicted octanol–water partition coefficient (Wildman–Crippen LogP) is 0.153. The minimum absolute atomic E-state index is 0.308. The van der Waals surface area contributed by atoms with Crippen molar-refractivity contribution in [2.75, 3.05) is 13.7 Å². The summed E-state index contributed by atoms with van der Waals surface area (Å²) in [6.45, 7) is 2.68. The second kappa shape index (κ2) is 4.04. The minimum Gasteiger partial charge on any atom is -0.468 e. The Morgan fingerprint density at radius 1 is 1.75 bits per heavy atom. The first-order chi connectivity index (χ1) is 5.44. The van der Waals surface area contributed by atoms with Crippen LogP contribution in [0.15, 0.2) is 0 Å². The number of nitrogens with zero attached hydrogens (tertiary/aromatic N) is 2. The number of rotatable bonds is 3. The average molecular weight is 172 g/mol. The number of hydroxylamine groups is 2. The Labute approximate surface area is 71.1 Å². The van der Waals surface area contributed by atoms with Crippen LogP contribution in [0, 0.1) is 11.3 Å². The van der Waals surface area contributed by atoms with E-state index in [2.05, 4.69) is 4.74 Å². The number of ether oxygens (including phenoxy) is 1. The second-order valence-corrected chi connectivity index (χ2v) is 2.80. The van der Waals surface area contributed by atoms with Gasteiger partial charge in [0, 0.05) is 0 Å². The molecule has 0 radical (unpaired) electrons. The largest absolute Gasteiger partial charge is 0.468 e. The van der Waals surface area contributed by atoms with Gasteiger partial charge in [0.05, 0.1) is 13.2 Å². The third kappa shape index (κ3) is 2.86. The van der Waals surface area contributed by atoms with E-state index in [1.54, 1.807) is 0 Å². The molecule has 0 aliphatic carbocycles. The fourth-order valence-corrected chi connectivity index (χ4v) is 0.442. The highest BCUT2D eigenvalue weighted by Crippen LogP contribution is 2.09. The zero-order valence-electron chi connectivity index (χ0n) is 7.37. The van der Waals surface area contributed by atoms with Crippen LogP contribution in [0.1, 0.15) is 13.8 Å². The first kappa shape index (κ1) is 10.9. The topological polar surface area (TPSA) is 73.6 Å². The third-order valence-electron chi connectivity index (χ3n) is 1.43. The van der Waals surface area contributed by atoms with Crippen molar-refractivity contribution in [3.8, 4) is 6.07 Å². The molecule has 0 aromatic rings. The molecule has 0 spiro atoms. The first-order valence-electron chi connectivity index (χ1n) is 3.38. The van der Waals surface area contributed by atoms with E-state index in [4.69, 9.17) is 5.26 Å². The molecule has 0 saturated carbocycles. The monoisotopic (exact) mass is 172 g/mol. The highest BCUT2D eigenvalue weighted by molar-refractivity contribution is 5.71. The van der Waals surface area contributed by atoms with Gasteiger partial charge in [0.15, 0.2) is 0 Å². The normalized spacial score (nSPS) is 11.0. The molecule has 1 N–H and O–H groups in total. The van der Waals surface area contributed by atoms with Crippen LogP contribution in [0.25, 0.3) is 0 Å². The molecule has 0 heterocycles. The third-order valence-corrected chi connectivity index (χ3v) is 1.43. The SMILES string of the molecule is COC(=O)CN(O)C(C)(C)C#N. The Kier molecular flexibility index (Phi) is 3.67. The maximum absolute atomic E-state index is 10.7. The smallest absolute Gasteiger partial charge is 0.322 e. The van der Waals surface area contributed by atoms with Crippen molar-refractivity contribution in [3.05, 3.63) is 0 Å². The molecule has 0 bridgehead atoms. The van der Waals surface area contributed by atoms with E-state index in [0.717, 1.165) is 0 Å². The lowest BCUT2D eigenvalue weighted by Gasteiger charge is -2.24. The van der Waals surface area contributed by atoms with Crippen molar-refractivity contribution in [1.82, 2.24) is 5.06 Å². The van der Waals surface area contributed by atoms with Crippen molar-refractivity contribution < 1.29 is 14.7 Å². The summed E-state index contributed by atoms with van der Waals surface area (Å²) < 4.78 is 4.31. The summed E-state index contributed by atoms with van der Waals surface area (Å²) in [5.74, 6) is -0.583. The van der Waals surface area contributed by atoms with E-state index in [-0.39, 0.29) is 6.54 Å². The Morgan fingerprint density at radius 3 is 2.58 bits per heavy atom. The number of nitriles is 1. The highest BCUT2D eigenvalue weighted by atomic mass is 16.5. The highest BCUT2D eigenvalue weighted by Gasteiger charge is 2.27. The van der Waals surface area contributed by atoms with Crippen LogP contribution in [-0.4, -0.2) is 35.4 Å². The van der Waals surface area contributed by atoms with Gasteiger partial charge in [-0.15, -0.1) is 0 Å². The lowest BCUT2D eigenvalue weighted by atomic mass is 10.1. The minimum atomic E-state index is -1.08. The molecule has 0 aromatic carbocycles. The molecular weight excluding hydrogens is 160 g/mol. The Balaban J connectivity index is 4.14. The van der Waals surface area contributed by atoms with Gasteiger partial charge in [0.1, 0.15) is 12.1 Å². The molecule has 68 valence electrons. The van der Waals surface area contributed by atoms with Gasteiger partial charge < -0.3 is 9.94 Å². The molecule has 5 nitrogen and oxygen atoms in total. The lowest BCUT2D eigenvalue weighted by Crippen LogP contribution is -2.43. The van der Waals surface area contributed by atoms with Gasteiger partial charge in [0.2, 0.25) is 0 Å². The van der Waals surface area contributed by atoms with Gasteiger partial charge in [-0.3, -0.25) is 4.79 Å². The molecule has 0 aromatic heterocycles. The van der Waals surface area contributed by atoms with Crippen LogP contribution < -0.4 is 0 Å². The number of methoxy groups -OCH3 is 1. The van der Waals surface area contributed by atoms with E-state index in [1.807, 2.05) is 6.07 Å². The molecule has 12 heavy (non-hydrogen) atoms. The summed E-state index contributed by atoms with van der Waals surface area (Å²) in [4.78, 5) is 10.7. The summed E-state index contributed by atoms with van der Waals surface area (Å²) >= 11 is 0. The van der Waals surface area contributed by atoms with Crippen LogP contribution in [0.3, 0.4) is 0 Å². The molecular formula is C7H12N2O3. The standard InChI is InChI=1S/C7H12N2O3/c1-7(2,5-8)9(11)4-6(10)12-3/h11H,4H2,1-3H3. The summed E-state index contributed by atoms with van der Waals surface area (Å²) in [5.41, 5.74) is -1.08. The summed E-state index contributed by atoms with van der Waals surface area (Å²) in [5, 5.41) is 18.4. The Bertz CT molecular complexity index is 207. The second-order valence-electron chi connectivity index (χ2n) is 2.80. The number of carbonyl (C=O) groups is 1. The van der Waals surface area contributed by atoms with Crippen molar-refractivity contribution in [1.29, 1.82) is 5.26 Å². The summed E-state index contributed by atoms with van der Waals surface area (Å²) in [6.07, 6.45) is 0. The van der Waals surface area contributed by atoms with Gasteiger partial charge in [-0.05, 0) is 13.8 Å². The number of esters is 1. The zero-order chi connectivity index (χ0) is 9.78. The van der Waals surface area contributed by atoms with Gasteiger partial charge in [-0.1, -0.05) is 0 Å². The molecule has 0 aliphatic rings.